The number of amides is 3. The highest BCUT2D eigenvalue weighted by Gasteiger charge is 2.56. The van der Waals surface area contributed by atoms with Crippen molar-refractivity contribution in [3.63, 3.8) is 0 Å². The Balaban J connectivity index is 1.42. The highest BCUT2D eigenvalue weighted by Crippen LogP contribution is 2.54. The molecule has 2 unspecified atom stereocenters. The molecule has 2 aliphatic heterocycles. The van der Waals surface area contributed by atoms with Crippen molar-refractivity contribution in [2.45, 2.75) is 29.7 Å². The maximum Gasteiger partial charge on any atom is 0.308 e. The number of nitrogens with one attached hydrogen (secondary N) is 1. The summed E-state index contributed by atoms with van der Waals surface area (Å²) in [5, 5.41) is 2.74. The number of aryl methyl sites for hydroxylation is 1. The zero-order valence-electron chi connectivity index (χ0n) is 22.7. The molecule has 0 radical (unpaired) electrons. The molecule has 10 heteroatoms. The Hall–Kier alpha value is -4.15. The zero-order chi connectivity index (χ0) is 28.8. The molecule has 2 aliphatic rings. The topological polar surface area (TPSA) is 91.7 Å². The van der Waals surface area contributed by atoms with Gasteiger partial charge in [-0.3, -0.25) is 23.7 Å². The molecular formula is C31H28N4O4S2. The van der Waals surface area contributed by atoms with Crippen LogP contribution in [0.3, 0.4) is 0 Å². The van der Waals surface area contributed by atoms with E-state index in [1.165, 1.54) is 21.2 Å². The molecule has 6 rings (SSSR count). The van der Waals surface area contributed by atoms with Crippen molar-refractivity contribution in [1.82, 2.24) is 4.57 Å². The monoisotopic (exact) mass is 584 g/mol. The van der Waals surface area contributed by atoms with Gasteiger partial charge in [-0.1, -0.05) is 71.6 Å². The highest BCUT2D eigenvalue weighted by atomic mass is 32.2. The van der Waals surface area contributed by atoms with Crippen molar-refractivity contribution in [2.24, 2.45) is 5.92 Å². The molecule has 41 heavy (non-hydrogen) atoms. The van der Waals surface area contributed by atoms with E-state index in [0.29, 0.717) is 21.3 Å². The molecule has 208 valence electrons. The Kier molecular flexibility index (Phi) is 7.04. The van der Waals surface area contributed by atoms with E-state index >= 15 is 0 Å². The Morgan fingerprint density at radius 1 is 0.902 bits per heavy atom. The lowest BCUT2D eigenvalue weighted by molar-refractivity contribution is -0.122. The number of thioether (sulfide) groups is 1. The zero-order valence-corrected chi connectivity index (χ0v) is 24.4. The fourth-order valence-corrected chi connectivity index (χ4v) is 8.25. The van der Waals surface area contributed by atoms with Crippen LogP contribution in [0.25, 0.3) is 0 Å². The van der Waals surface area contributed by atoms with E-state index in [4.69, 9.17) is 0 Å². The van der Waals surface area contributed by atoms with Crippen LogP contribution in [0.5, 0.6) is 0 Å². The van der Waals surface area contributed by atoms with Gasteiger partial charge in [-0.15, -0.1) is 0 Å². The quantitative estimate of drug-likeness (QED) is 0.330. The number of anilines is 3. The van der Waals surface area contributed by atoms with Crippen molar-refractivity contribution in [3.8, 4) is 0 Å². The van der Waals surface area contributed by atoms with Gasteiger partial charge in [0.25, 0.3) is 0 Å². The van der Waals surface area contributed by atoms with Crippen LogP contribution in [0.4, 0.5) is 17.1 Å². The molecule has 0 saturated carbocycles. The lowest BCUT2D eigenvalue weighted by atomic mass is 9.83. The average Bonchev–Trinajstić information content (AvgIpc) is 3.41. The van der Waals surface area contributed by atoms with Gasteiger partial charge in [-0.05, 0) is 48.4 Å². The predicted octanol–water partition coefficient (Wildman–Crippen LogP) is 4.72. The Morgan fingerprint density at radius 2 is 1.59 bits per heavy atom. The van der Waals surface area contributed by atoms with Gasteiger partial charge >= 0.3 is 4.87 Å². The minimum Gasteiger partial charge on any atom is -0.378 e. The molecule has 1 N–H and O–H groups in total. The molecule has 1 aromatic heterocycles. The molecule has 8 nitrogen and oxygen atoms in total. The van der Waals surface area contributed by atoms with Gasteiger partial charge in [0.15, 0.2) is 0 Å². The third-order valence-electron chi connectivity index (χ3n) is 7.55. The number of fused-ring (bicyclic) bond motifs is 2. The summed E-state index contributed by atoms with van der Waals surface area (Å²) in [6, 6.07) is 24.2. The van der Waals surface area contributed by atoms with E-state index in [9.17, 15) is 19.2 Å². The van der Waals surface area contributed by atoms with E-state index in [0.717, 1.165) is 28.2 Å². The molecule has 4 aromatic rings. The van der Waals surface area contributed by atoms with Gasteiger partial charge < -0.3 is 10.2 Å². The summed E-state index contributed by atoms with van der Waals surface area (Å²) in [6.07, 6.45) is 0. The minimum absolute atomic E-state index is 0.194. The summed E-state index contributed by atoms with van der Waals surface area (Å²) >= 11 is 2.26. The van der Waals surface area contributed by atoms with Crippen LogP contribution < -0.4 is 20.0 Å². The second kappa shape index (κ2) is 10.7. The number of aromatic nitrogens is 1. The Bertz CT molecular complexity index is 1710. The van der Waals surface area contributed by atoms with Gasteiger partial charge in [0.05, 0.1) is 16.6 Å². The summed E-state index contributed by atoms with van der Waals surface area (Å²) in [5.41, 5.74) is 3.96. The van der Waals surface area contributed by atoms with Crippen molar-refractivity contribution in [3.05, 3.63) is 105 Å². The van der Waals surface area contributed by atoms with Gasteiger partial charge in [0, 0.05) is 36.3 Å². The van der Waals surface area contributed by atoms with Gasteiger partial charge in [-0.2, -0.15) is 0 Å². The van der Waals surface area contributed by atoms with Gasteiger partial charge in [-0.25, -0.2) is 4.90 Å². The fraction of sp³-hybridized carbons (Fsp3) is 0.226. The van der Waals surface area contributed by atoms with Crippen LogP contribution in [0.2, 0.25) is 0 Å². The normalized spacial score (nSPS) is 19.6. The molecule has 1 fully saturated rings. The maximum absolute atomic E-state index is 14.0. The number of benzene rings is 3. The summed E-state index contributed by atoms with van der Waals surface area (Å²) in [5.74, 6) is -2.12. The van der Waals surface area contributed by atoms with Crippen molar-refractivity contribution in [1.29, 1.82) is 0 Å². The molecule has 3 heterocycles. The molecule has 3 aromatic carbocycles. The lowest BCUT2D eigenvalue weighted by Crippen LogP contribution is -2.33. The molecule has 3 amide bonds. The van der Waals surface area contributed by atoms with E-state index < -0.39 is 17.1 Å². The molecule has 1 saturated heterocycles. The molecule has 0 aliphatic carbocycles. The fourth-order valence-electron chi connectivity index (χ4n) is 5.47. The van der Waals surface area contributed by atoms with Crippen molar-refractivity contribution >= 4 is 57.9 Å². The van der Waals surface area contributed by atoms with E-state index in [-0.39, 0.29) is 29.1 Å². The minimum atomic E-state index is -0.728. The van der Waals surface area contributed by atoms with Crippen LogP contribution in [0.1, 0.15) is 21.9 Å². The molecule has 3 atom stereocenters. The summed E-state index contributed by atoms with van der Waals surface area (Å²) in [4.78, 5) is 57.9. The largest absolute Gasteiger partial charge is 0.378 e. The van der Waals surface area contributed by atoms with Crippen molar-refractivity contribution in [2.75, 3.05) is 29.2 Å². The Morgan fingerprint density at radius 3 is 2.27 bits per heavy atom. The molecule has 0 spiro atoms. The standard InChI is InChI=1S/C31H28N4O4S2/c1-18-9-7-8-12-22(18)32-23(36)17-34-30-27(41-31(34)39)24(19-13-15-20(16-14-19)33(2)3)25-26(40-30)29(38)35(28(25)37)21-10-5-4-6-11-21/h4-16,24-26H,17H2,1-3H3,(H,32,36)/t24-,25?,26?/m1/s1. The Labute approximate surface area is 245 Å². The third kappa shape index (κ3) is 4.76. The van der Waals surface area contributed by atoms with E-state index in [2.05, 4.69) is 5.32 Å². The lowest BCUT2D eigenvalue weighted by Gasteiger charge is -2.31. The van der Waals surface area contributed by atoms with E-state index in [1.54, 1.807) is 24.3 Å². The summed E-state index contributed by atoms with van der Waals surface area (Å²) in [6.45, 7) is 1.71. The smallest absolute Gasteiger partial charge is 0.308 e. The first-order valence-corrected chi connectivity index (χ1v) is 14.9. The first kappa shape index (κ1) is 27.0. The second-order valence-electron chi connectivity index (χ2n) is 10.4. The SMILES string of the molecule is Cc1ccccc1NC(=O)Cn1c2c(sc1=O)[C@H](c1ccc(N(C)C)cc1)C1C(=O)N(c3ccccc3)C(=O)C1S2. The van der Waals surface area contributed by atoms with Crippen molar-refractivity contribution < 1.29 is 14.4 Å². The first-order valence-electron chi connectivity index (χ1n) is 13.2. The maximum atomic E-state index is 14.0. The van der Waals surface area contributed by atoms with Crippen LogP contribution in [0.15, 0.2) is 88.7 Å². The highest BCUT2D eigenvalue weighted by molar-refractivity contribution is 8.00. The molecule has 0 bridgehead atoms. The van der Waals surface area contributed by atoms with Crippen LogP contribution in [-0.4, -0.2) is 41.6 Å². The first-order chi connectivity index (χ1) is 19.7. The van der Waals surface area contributed by atoms with Gasteiger partial charge in [0.2, 0.25) is 17.7 Å². The van der Waals surface area contributed by atoms with Crippen LogP contribution >= 0.6 is 23.1 Å². The summed E-state index contributed by atoms with van der Waals surface area (Å²) < 4.78 is 1.44. The second-order valence-corrected chi connectivity index (χ2v) is 12.5. The number of carbonyl (C=O) groups is 3. The number of hydrogen-bond acceptors (Lipinski definition) is 7. The van der Waals surface area contributed by atoms with Crippen LogP contribution in [0, 0.1) is 12.8 Å². The number of para-hydroxylation sites is 2. The number of nitrogens with zero attached hydrogens (tertiary/aromatic N) is 3. The average molecular weight is 585 g/mol. The number of imide groups is 1. The van der Waals surface area contributed by atoms with Gasteiger partial charge in [0.1, 0.15) is 11.8 Å². The third-order valence-corrected chi connectivity index (χ3v) is 10.2. The van der Waals surface area contributed by atoms with E-state index in [1.807, 2.05) is 80.5 Å². The number of hydrogen-bond donors (Lipinski definition) is 1. The summed E-state index contributed by atoms with van der Waals surface area (Å²) in [7, 11) is 3.90. The number of rotatable bonds is 6. The predicted molar refractivity (Wildman–Crippen MR) is 163 cm³/mol. The number of thiazole rings is 1. The van der Waals surface area contributed by atoms with Crippen LogP contribution in [-0.2, 0) is 20.9 Å². The molecular weight excluding hydrogens is 556 g/mol. The number of carbonyl (C=O) groups excluding carboxylic acids is 3.